The lowest BCUT2D eigenvalue weighted by atomic mass is 9.93. The molecule has 1 aromatic carbocycles. The predicted molar refractivity (Wildman–Crippen MR) is 124 cm³/mol. The van der Waals surface area contributed by atoms with E-state index in [9.17, 15) is 9.59 Å². The smallest absolute Gasteiger partial charge is 0.338 e. The van der Waals surface area contributed by atoms with Gasteiger partial charge in [0.05, 0.1) is 29.8 Å². The molecule has 0 radical (unpaired) electrons. The summed E-state index contributed by atoms with van der Waals surface area (Å²) in [6.07, 6.45) is 2.10. The van der Waals surface area contributed by atoms with Gasteiger partial charge in [-0.1, -0.05) is 41.6 Å². The number of likely N-dealkylation sites (tertiary alicyclic amines) is 1. The average Bonchev–Trinajstić information content (AvgIpc) is 3.37. The lowest BCUT2D eigenvalue weighted by Crippen LogP contribution is -2.38. The number of hydrogen-bond acceptors (Lipinski definition) is 6. The van der Waals surface area contributed by atoms with E-state index in [2.05, 4.69) is 4.99 Å². The second kappa shape index (κ2) is 9.09. The van der Waals surface area contributed by atoms with Crippen molar-refractivity contribution in [1.29, 1.82) is 0 Å². The Morgan fingerprint density at radius 1 is 1.26 bits per heavy atom. The molecule has 1 unspecified atom stereocenters. The van der Waals surface area contributed by atoms with Crippen LogP contribution in [0.25, 0.3) is 0 Å². The molecule has 0 saturated carbocycles. The van der Waals surface area contributed by atoms with Gasteiger partial charge in [-0.25, -0.2) is 9.79 Å². The van der Waals surface area contributed by atoms with Crippen LogP contribution in [0.3, 0.4) is 0 Å². The van der Waals surface area contributed by atoms with E-state index < -0.39 is 12.0 Å². The molecule has 3 aliphatic rings. The lowest BCUT2D eigenvalue weighted by Gasteiger charge is -2.37. The quantitative estimate of drug-likeness (QED) is 0.587. The Morgan fingerprint density at radius 2 is 1.97 bits per heavy atom. The second-order valence-corrected chi connectivity index (χ2v) is 9.38. The van der Waals surface area contributed by atoms with Gasteiger partial charge >= 0.3 is 5.97 Å². The third-order valence-electron chi connectivity index (χ3n) is 5.55. The van der Waals surface area contributed by atoms with Crippen molar-refractivity contribution in [2.75, 3.05) is 13.1 Å². The largest absolute Gasteiger partial charge is 0.459 e. The van der Waals surface area contributed by atoms with E-state index in [1.165, 1.54) is 11.8 Å². The number of halogens is 1. The maximum atomic E-state index is 13.1. The summed E-state index contributed by atoms with van der Waals surface area (Å²) in [4.78, 5) is 34.6. The van der Waals surface area contributed by atoms with Crippen molar-refractivity contribution in [2.45, 2.75) is 52.2 Å². The van der Waals surface area contributed by atoms with Gasteiger partial charge in [0.2, 0.25) is 5.91 Å². The van der Waals surface area contributed by atoms with Crippen molar-refractivity contribution < 1.29 is 14.3 Å². The Morgan fingerprint density at radius 3 is 2.65 bits per heavy atom. The Bertz CT molecular complexity index is 996. The zero-order chi connectivity index (χ0) is 22.1. The fourth-order valence-corrected chi connectivity index (χ4v) is 5.34. The van der Waals surface area contributed by atoms with E-state index in [0.717, 1.165) is 42.4 Å². The zero-order valence-electron chi connectivity index (χ0n) is 17.9. The Labute approximate surface area is 192 Å². The summed E-state index contributed by atoms with van der Waals surface area (Å²) in [7, 11) is 0. The van der Waals surface area contributed by atoms with Gasteiger partial charge in [0.25, 0.3) is 0 Å². The van der Waals surface area contributed by atoms with Crippen LogP contribution in [0.5, 0.6) is 0 Å². The fraction of sp³-hybridized carbons (Fsp3) is 0.435. The summed E-state index contributed by atoms with van der Waals surface area (Å²) >= 11 is 8.05. The van der Waals surface area contributed by atoms with Gasteiger partial charge in [0.1, 0.15) is 0 Å². The number of benzene rings is 1. The molecule has 1 aromatic rings. The van der Waals surface area contributed by atoms with Crippen molar-refractivity contribution in [3.63, 3.8) is 0 Å². The summed E-state index contributed by atoms with van der Waals surface area (Å²) in [5.41, 5.74) is 2.67. The van der Waals surface area contributed by atoms with E-state index in [1.54, 1.807) is 0 Å². The van der Waals surface area contributed by atoms with E-state index in [4.69, 9.17) is 16.3 Å². The third-order valence-corrected chi connectivity index (χ3v) is 6.79. The Hall–Kier alpha value is -2.25. The summed E-state index contributed by atoms with van der Waals surface area (Å²) < 4.78 is 5.56. The number of aliphatic imine (C=N–C) groups is 1. The van der Waals surface area contributed by atoms with Crippen LogP contribution in [0.2, 0.25) is 5.02 Å². The number of thioether (sulfide) groups is 1. The van der Waals surface area contributed by atoms with Gasteiger partial charge in [0, 0.05) is 23.8 Å². The monoisotopic (exact) mass is 459 g/mol. The Balaban J connectivity index is 1.73. The minimum absolute atomic E-state index is 0.0982. The number of ether oxygens (including phenoxy) is 1. The average molecular weight is 460 g/mol. The van der Waals surface area contributed by atoms with Gasteiger partial charge in [-0.15, -0.1) is 0 Å². The van der Waals surface area contributed by atoms with Gasteiger partial charge in [-0.05, 0) is 50.7 Å². The molecule has 0 N–H and O–H groups in total. The summed E-state index contributed by atoms with van der Waals surface area (Å²) in [5.74, 6) is -0.316. The number of amides is 1. The predicted octanol–water partition coefficient (Wildman–Crippen LogP) is 4.88. The van der Waals surface area contributed by atoms with E-state index in [1.807, 2.05) is 60.2 Å². The van der Waals surface area contributed by atoms with Gasteiger partial charge < -0.3 is 14.5 Å². The fourth-order valence-electron chi connectivity index (χ4n) is 4.13. The molecule has 3 heterocycles. The zero-order valence-corrected chi connectivity index (χ0v) is 19.5. The van der Waals surface area contributed by atoms with Crippen LogP contribution in [0, 0.1) is 0 Å². The molecule has 3 aliphatic heterocycles. The van der Waals surface area contributed by atoms with Crippen LogP contribution in [-0.4, -0.2) is 46.0 Å². The summed E-state index contributed by atoms with van der Waals surface area (Å²) in [6.45, 7) is 7.07. The van der Waals surface area contributed by atoms with Gasteiger partial charge in [-0.3, -0.25) is 4.79 Å². The van der Waals surface area contributed by atoms with Gasteiger partial charge in [-0.2, -0.15) is 0 Å². The number of rotatable bonds is 5. The number of fused-ring (bicyclic) bond motifs is 1. The molecule has 1 amide bonds. The number of carbonyl (C=O) groups excluding carboxylic acids is 2. The minimum atomic E-state index is -0.500. The third kappa shape index (κ3) is 4.39. The molecule has 0 spiro atoms. The van der Waals surface area contributed by atoms with Crippen molar-refractivity contribution in [2.24, 2.45) is 4.99 Å². The van der Waals surface area contributed by atoms with E-state index in [-0.39, 0.29) is 18.4 Å². The van der Waals surface area contributed by atoms with Crippen molar-refractivity contribution >= 4 is 40.4 Å². The highest BCUT2D eigenvalue weighted by Crippen LogP contribution is 2.46. The standard InChI is InChI=1S/C23H26ClN3O3S/c1-14(2)30-22(29)20-15(3)25-23-27(21(20)17-8-4-5-9-18(17)24)16(13-31-23)12-19(28)26-10-6-7-11-26/h4-5,8-9,13-14,21H,6-7,10-12H2,1-3H3. The Kier molecular flexibility index (Phi) is 6.44. The van der Waals surface area contributed by atoms with Crippen LogP contribution >= 0.6 is 23.4 Å². The molecule has 8 heteroatoms. The molecule has 0 bridgehead atoms. The normalized spacial score (nSPS) is 20.7. The van der Waals surface area contributed by atoms with Crippen LogP contribution < -0.4 is 0 Å². The molecule has 0 aromatic heterocycles. The first-order valence-electron chi connectivity index (χ1n) is 10.5. The SMILES string of the molecule is CC1=C(C(=O)OC(C)C)C(c2ccccc2Cl)N2C(CC(=O)N3CCCC3)=CSC2=N1. The van der Waals surface area contributed by atoms with Crippen molar-refractivity contribution in [3.8, 4) is 0 Å². The molecule has 1 atom stereocenters. The maximum Gasteiger partial charge on any atom is 0.338 e. The number of amidine groups is 1. The number of esters is 1. The van der Waals surface area contributed by atoms with Crippen LogP contribution in [0.4, 0.5) is 0 Å². The number of nitrogens with zero attached hydrogens (tertiary/aromatic N) is 3. The molecular weight excluding hydrogens is 434 g/mol. The number of allylic oxidation sites excluding steroid dienone is 1. The molecule has 0 aliphatic carbocycles. The molecule has 1 fully saturated rings. The minimum Gasteiger partial charge on any atom is -0.459 e. The van der Waals surface area contributed by atoms with Crippen molar-refractivity contribution in [1.82, 2.24) is 9.80 Å². The second-order valence-electron chi connectivity index (χ2n) is 8.13. The molecule has 4 rings (SSSR count). The summed E-state index contributed by atoms with van der Waals surface area (Å²) in [6, 6.07) is 6.98. The highest BCUT2D eigenvalue weighted by molar-refractivity contribution is 8.16. The summed E-state index contributed by atoms with van der Waals surface area (Å²) in [5, 5.41) is 3.26. The maximum absolute atomic E-state index is 13.1. The highest BCUT2D eigenvalue weighted by atomic mass is 35.5. The first kappa shape index (κ1) is 22.0. The first-order valence-corrected chi connectivity index (χ1v) is 11.8. The molecular formula is C23H26ClN3O3S. The number of carbonyl (C=O) groups is 2. The van der Waals surface area contributed by atoms with E-state index >= 15 is 0 Å². The van der Waals surface area contributed by atoms with Crippen molar-refractivity contribution in [3.05, 3.63) is 57.2 Å². The van der Waals surface area contributed by atoms with Crippen LogP contribution in [0.15, 0.2) is 51.6 Å². The van der Waals surface area contributed by atoms with Crippen LogP contribution in [-0.2, 0) is 14.3 Å². The molecule has 1 saturated heterocycles. The topological polar surface area (TPSA) is 62.2 Å². The molecule has 6 nitrogen and oxygen atoms in total. The van der Waals surface area contributed by atoms with Crippen LogP contribution in [0.1, 0.15) is 51.6 Å². The van der Waals surface area contributed by atoms with Gasteiger partial charge in [0.15, 0.2) is 5.17 Å². The highest BCUT2D eigenvalue weighted by Gasteiger charge is 2.42. The molecule has 31 heavy (non-hydrogen) atoms. The van der Waals surface area contributed by atoms with E-state index in [0.29, 0.717) is 16.3 Å². The lowest BCUT2D eigenvalue weighted by molar-refractivity contribution is -0.143. The number of hydrogen-bond donors (Lipinski definition) is 0. The first-order chi connectivity index (χ1) is 14.9. The molecule has 164 valence electrons.